The second kappa shape index (κ2) is 3.49. The highest BCUT2D eigenvalue weighted by Gasteiger charge is 2.71. The van der Waals surface area contributed by atoms with Gasteiger partial charge in [0.2, 0.25) is 0 Å². The summed E-state index contributed by atoms with van der Waals surface area (Å²) in [7, 11) is 0. The summed E-state index contributed by atoms with van der Waals surface area (Å²) in [4.78, 5) is 13.4. The monoisotopic (exact) mass is 276 g/mol. The van der Waals surface area contributed by atoms with Crippen molar-refractivity contribution in [2.24, 2.45) is 22.7 Å². The molecule has 3 saturated carbocycles. The fourth-order valence-electron chi connectivity index (χ4n) is 6.37. The maximum absolute atomic E-state index is 13.4. The number of ketones is 1. The molecular weight excluding hydrogens is 252 g/mol. The quantitative estimate of drug-likeness (QED) is 0.682. The predicted octanol–water partition coefficient (Wildman–Crippen LogP) is 2.72. The molecular formula is C17H24O3. The van der Waals surface area contributed by atoms with E-state index in [1.54, 1.807) is 0 Å². The predicted molar refractivity (Wildman–Crippen MR) is 73.2 cm³/mol. The normalized spacial score (nSPS) is 63.4. The summed E-state index contributed by atoms with van der Waals surface area (Å²) in [5.41, 5.74) is -0.261. The average Bonchev–Trinajstić information content (AvgIpc) is 3.16. The summed E-state index contributed by atoms with van der Waals surface area (Å²) in [6.45, 7) is 4.35. The van der Waals surface area contributed by atoms with Gasteiger partial charge in [-0.15, -0.1) is 0 Å². The third-order valence-corrected chi connectivity index (χ3v) is 7.53. The number of carbonyl (C=O) groups excluding carboxylic acids is 1. The van der Waals surface area contributed by atoms with Crippen LogP contribution in [-0.2, 0) is 14.3 Å². The Balaban J connectivity index is 1.49. The summed E-state index contributed by atoms with van der Waals surface area (Å²) >= 11 is 0. The Morgan fingerprint density at radius 2 is 1.35 bits per heavy atom. The highest BCUT2D eigenvalue weighted by Crippen LogP contribution is 2.67. The molecule has 5 aliphatic rings. The summed E-state index contributed by atoms with van der Waals surface area (Å²) in [6.07, 6.45) is 7.69. The number of carbonyl (C=O) groups is 1. The first kappa shape index (κ1) is 12.2. The van der Waals surface area contributed by atoms with Crippen LogP contribution in [-0.4, -0.2) is 30.2 Å². The topological polar surface area (TPSA) is 35.5 Å². The van der Waals surface area contributed by atoms with Crippen LogP contribution in [0.15, 0.2) is 0 Å². The molecule has 0 aromatic heterocycles. The van der Waals surface area contributed by atoms with Crippen LogP contribution in [0, 0.1) is 22.7 Å². The van der Waals surface area contributed by atoms with E-state index in [0.717, 1.165) is 38.5 Å². The minimum Gasteiger partial charge on any atom is -0.374 e. The molecule has 2 saturated heterocycles. The van der Waals surface area contributed by atoms with Gasteiger partial charge in [-0.3, -0.25) is 4.79 Å². The molecule has 0 N–H and O–H groups in total. The van der Waals surface area contributed by atoms with Crippen LogP contribution in [0.5, 0.6) is 0 Å². The van der Waals surface area contributed by atoms with Gasteiger partial charge in [-0.05, 0) is 64.2 Å². The molecule has 0 radical (unpaired) electrons. The maximum Gasteiger partial charge on any atom is 0.150 e. The molecule has 5 rings (SSSR count). The first-order valence-corrected chi connectivity index (χ1v) is 8.41. The van der Waals surface area contributed by atoms with Crippen molar-refractivity contribution in [2.75, 3.05) is 0 Å². The summed E-state index contributed by atoms with van der Waals surface area (Å²) < 4.78 is 12.2. The number of ether oxygens (including phenoxy) is 2. The molecule has 2 spiro atoms. The minimum absolute atomic E-state index is 0.131. The van der Waals surface area contributed by atoms with Gasteiger partial charge < -0.3 is 9.47 Å². The van der Waals surface area contributed by atoms with E-state index in [2.05, 4.69) is 13.8 Å². The Kier molecular flexibility index (Phi) is 2.12. The number of fused-ring (bicyclic) bond motifs is 6. The number of hydrogen-bond donors (Lipinski definition) is 0. The Morgan fingerprint density at radius 1 is 0.900 bits per heavy atom. The smallest absolute Gasteiger partial charge is 0.150 e. The van der Waals surface area contributed by atoms with E-state index >= 15 is 0 Å². The lowest BCUT2D eigenvalue weighted by atomic mass is 9.71. The van der Waals surface area contributed by atoms with Crippen LogP contribution in [0.1, 0.15) is 52.4 Å². The SMILES string of the molecule is CC1OC2CC1CC21CCC2(CC3CC2OC3C)C1=O. The van der Waals surface area contributed by atoms with Crippen molar-refractivity contribution in [1.82, 2.24) is 0 Å². The first-order chi connectivity index (χ1) is 9.55. The van der Waals surface area contributed by atoms with Gasteiger partial charge in [-0.1, -0.05) is 0 Å². The third-order valence-electron chi connectivity index (χ3n) is 7.53. The molecule has 8 unspecified atom stereocenters. The van der Waals surface area contributed by atoms with Crippen molar-refractivity contribution >= 4 is 5.78 Å². The third kappa shape index (κ3) is 1.16. The molecule has 3 nitrogen and oxygen atoms in total. The van der Waals surface area contributed by atoms with Crippen LogP contribution in [0.2, 0.25) is 0 Å². The lowest BCUT2D eigenvalue weighted by molar-refractivity contribution is -0.155. The minimum atomic E-state index is -0.131. The molecule has 110 valence electrons. The van der Waals surface area contributed by atoms with Crippen molar-refractivity contribution in [2.45, 2.75) is 76.8 Å². The summed E-state index contributed by atoms with van der Waals surface area (Å²) in [5, 5.41) is 0. The van der Waals surface area contributed by atoms with Gasteiger partial charge in [-0.25, -0.2) is 0 Å². The Morgan fingerprint density at radius 3 is 1.65 bits per heavy atom. The van der Waals surface area contributed by atoms with Crippen LogP contribution in [0.4, 0.5) is 0 Å². The van der Waals surface area contributed by atoms with E-state index in [1.165, 1.54) is 0 Å². The molecule has 2 heterocycles. The van der Waals surface area contributed by atoms with Crippen molar-refractivity contribution in [1.29, 1.82) is 0 Å². The van der Waals surface area contributed by atoms with Gasteiger partial charge in [0.15, 0.2) is 0 Å². The molecule has 3 aliphatic carbocycles. The van der Waals surface area contributed by atoms with Gasteiger partial charge in [-0.2, -0.15) is 0 Å². The van der Waals surface area contributed by atoms with Crippen molar-refractivity contribution < 1.29 is 14.3 Å². The zero-order chi connectivity index (χ0) is 13.7. The maximum atomic E-state index is 13.4. The number of hydrogen-bond acceptors (Lipinski definition) is 3. The van der Waals surface area contributed by atoms with Crippen molar-refractivity contribution in [3.8, 4) is 0 Å². The molecule has 0 amide bonds. The largest absolute Gasteiger partial charge is 0.374 e. The second-order valence-electron chi connectivity index (χ2n) is 8.20. The summed E-state index contributed by atoms with van der Waals surface area (Å²) in [6, 6.07) is 0. The van der Waals surface area contributed by atoms with Gasteiger partial charge in [0.1, 0.15) is 5.78 Å². The van der Waals surface area contributed by atoms with E-state index in [9.17, 15) is 4.79 Å². The molecule has 2 aliphatic heterocycles. The standard InChI is InChI=1S/C17H24O3/c1-9-11-5-13(19-9)16(7-11)3-4-17(15(16)18)8-12-6-14(17)20-10(12)2/h9-14H,3-8H2,1-2H3. The van der Waals surface area contributed by atoms with Gasteiger partial charge in [0.25, 0.3) is 0 Å². The van der Waals surface area contributed by atoms with Crippen molar-refractivity contribution in [3.63, 3.8) is 0 Å². The Labute approximate surface area is 120 Å². The zero-order valence-electron chi connectivity index (χ0n) is 12.4. The number of rotatable bonds is 0. The molecule has 0 aromatic carbocycles. The molecule has 0 aromatic rings. The zero-order valence-corrected chi connectivity index (χ0v) is 12.4. The molecule has 8 atom stereocenters. The van der Waals surface area contributed by atoms with Crippen LogP contribution >= 0.6 is 0 Å². The molecule has 4 bridgehead atoms. The van der Waals surface area contributed by atoms with Crippen LogP contribution in [0.3, 0.4) is 0 Å². The van der Waals surface area contributed by atoms with E-state index in [-0.39, 0.29) is 23.0 Å². The Bertz CT molecular complexity index is 443. The van der Waals surface area contributed by atoms with Gasteiger partial charge in [0, 0.05) is 0 Å². The van der Waals surface area contributed by atoms with E-state index in [1.807, 2.05) is 0 Å². The second-order valence-corrected chi connectivity index (χ2v) is 8.20. The van der Waals surface area contributed by atoms with Crippen molar-refractivity contribution in [3.05, 3.63) is 0 Å². The fraction of sp³-hybridized carbons (Fsp3) is 0.941. The lowest BCUT2D eigenvalue weighted by Gasteiger charge is -2.39. The molecule has 5 fully saturated rings. The average molecular weight is 276 g/mol. The lowest BCUT2D eigenvalue weighted by Crippen LogP contribution is -2.48. The van der Waals surface area contributed by atoms with Crippen LogP contribution in [0.25, 0.3) is 0 Å². The van der Waals surface area contributed by atoms with Gasteiger partial charge in [0.05, 0.1) is 35.2 Å². The first-order valence-electron chi connectivity index (χ1n) is 8.41. The molecule has 3 heteroatoms. The fourth-order valence-corrected chi connectivity index (χ4v) is 6.37. The van der Waals surface area contributed by atoms with Gasteiger partial charge >= 0.3 is 0 Å². The molecule has 20 heavy (non-hydrogen) atoms. The van der Waals surface area contributed by atoms with Crippen LogP contribution < -0.4 is 0 Å². The van der Waals surface area contributed by atoms with E-state index < -0.39 is 0 Å². The highest BCUT2D eigenvalue weighted by molar-refractivity contribution is 5.94. The Hall–Kier alpha value is -0.410. The van der Waals surface area contributed by atoms with E-state index in [0.29, 0.717) is 29.8 Å². The summed E-state index contributed by atoms with van der Waals surface area (Å²) in [5.74, 6) is 1.78. The van der Waals surface area contributed by atoms with E-state index in [4.69, 9.17) is 9.47 Å². The number of Topliss-reactive ketones (excluding diaryl/α,β-unsaturated/α-hetero) is 1. The highest BCUT2D eigenvalue weighted by atomic mass is 16.5.